The third kappa shape index (κ3) is 3.64. The van der Waals surface area contributed by atoms with Crippen LogP contribution < -0.4 is 10.6 Å². The zero-order valence-corrected chi connectivity index (χ0v) is 14.1. The summed E-state index contributed by atoms with van der Waals surface area (Å²) in [5.74, 6) is 0.834. The molecule has 2 aliphatic rings. The van der Waals surface area contributed by atoms with Crippen LogP contribution >= 0.6 is 11.8 Å². The number of hydrogen-bond acceptors (Lipinski definition) is 3. The first-order valence-electron chi connectivity index (χ1n) is 8.41. The molecule has 2 N–H and O–H groups in total. The van der Waals surface area contributed by atoms with Gasteiger partial charge in [-0.2, -0.15) is 0 Å². The van der Waals surface area contributed by atoms with E-state index in [-0.39, 0.29) is 0 Å². The second-order valence-electron chi connectivity index (χ2n) is 6.57. The van der Waals surface area contributed by atoms with Crippen molar-refractivity contribution in [3.8, 4) is 0 Å². The maximum absolute atomic E-state index is 3.91. The third-order valence-electron chi connectivity index (χ3n) is 5.26. The minimum absolute atomic E-state index is 0.452. The second kappa shape index (κ2) is 7.17. The van der Waals surface area contributed by atoms with Crippen LogP contribution in [0, 0.1) is 5.92 Å². The van der Waals surface area contributed by atoms with Crippen molar-refractivity contribution in [2.45, 2.75) is 62.0 Å². The molecule has 116 valence electrons. The van der Waals surface area contributed by atoms with Crippen molar-refractivity contribution in [1.29, 1.82) is 0 Å². The zero-order valence-electron chi connectivity index (χ0n) is 13.3. The summed E-state index contributed by atoms with van der Waals surface area (Å²) in [5.41, 5.74) is 1.41. The first-order valence-corrected chi connectivity index (χ1v) is 9.64. The van der Waals surface area contributed by atoms with Crippen molar-refractivity contribution >= 4 is 11.8 Å². The fourth-order valence-corrected chi connectivity index (χ4v) is 4.47. The average Bonchev–Trinajstić information content (AvgIpc) is 3.18. The van der Waals surface area contributed by atoms with E-state index in [1.165, 1.54) is 49.1 Å². The van der Waals surface area contributed by atoms with Crippen LogP contribution in [0.15, 0.2) is 29.2 Å². The average molecular weight is 305 g/mol. The summed E-state index contributed by atoms with van der Waals surface area (Å²) < 4.78 is 0. The molecule has 1 saturated heterocycles. The van der Waals surface area contributed by atoms with Gasteiger partial charge in [-0.3, -0.25) is 0 Å². The summed E-state index contributed by atoms with van der Waals surface area (Å²) >= 11 is 1.81. The largest absolute Gasteiger partial charge is 0.314 e. The summed E-state index contributed by atoms with van der Waals surface area (Å²) in [5, 5.41) is 7.63. The Bertz CT molecular complexity index is 439. The first-order chi connectivity index (χ1) is 10.3. The third-order valence-corrected chi connectivity index (χ3v) is 6.01. The lowest BCUT2D eigenvalue weighted by atomic mass is 9.92. The molecular formula is C18H28N2S. The lowest BCUT2D eigenvalue weighted by Crippen LogP contribution is -2.42. The van der Waals surface area contributed by atoms with Crippen molar-refractivity contribution < 1.29 is 0 Å². The highest BCUT2D eigenvalue weighted by Crippen LogP contribution is 2.33. The molecule has 21 heavy (non-hydrogen) atoms. The Morgan fingerprint density at radius 1 is 1.14 bits per heavy atom. The van der Waals surface area contributed by atoms with E-state index < -0.39 is 0 Å². The Kier molecular flexibility index (Phi) is 5.25. The van der Waals surface area contributed by atoms with Gasteiger partial charge in [0.25, 0.3) is 0 Å². The lowest BCUT2D eigenvalue weighted by Gasteiger charge is -2.29. The number of nitrogens with one attached hydrogen (secondary N) is 2. The number of hydrogen-bond donors (Lipinski definition) is 2. The maximum Gasteiger partial charge on any atom is 0.0294 e. The van der Waals surface area contributed by atoms with E-state index in [0.29, 0.717) is 12.1 Å². The van der Waals surface area contributed by atoms with Crippen LogP contribution in [-0.4, -0.2) is 24.9 Å². The molecule has 3 heteroatoms. The molecule has 1 heterocycles. The SMILES string of the molecule is CSc1ccc(C(C)NC2CCCC2C2CCCN2)cc1. The summed E-state index contributed by atoms with van der Waals surface area (Å²) in [6, 6.07) is 10.9. The van der Waals surface area contributed by atoms with Crippen LogP contribution in [0.5, 0.6) is 0 Å². The molecule has 0 radical (unpaired) electrons. The fraction of sp³-hybridized carbons (Fsp3) is 0.667. The molecule has 1 aromatic rings. The smallest absolute Gasteiger partial charge is 0.0294 e. The summed E-state index contributed by atoms with van der Waals surface area (Å²) in [4.78, 5) is 1.35. The quantitative estimate of drug-likeness (QED) is 0.805. The Labute approximate surface area is 133 Å². The monoisotopic (exact) mass is 304 g/mol. The lowest BCUT2D eigenvalue weighted by molar-refractivity contribution is 0.303. The van der Waals surface area contributed by atoms with Gasteiger partial charge in [0, 0.05) is 23.0 Å². The van der Waals surface area contributed by atoms with Gasteiger partial charge in [0.15, 0.2) is 0 Å². The van der Waals surface area contributed by atoms with Gasteiger partial charge in [0.05, 0.1) is 0 Å². The standard InChI is InChI=1S/C18H28N2S/c1-13(14-8-10-15(21-2)11-9-14)20-18-6-3-5-16(18)17-7-4-12-19-17/h8-11,13,16-20H,3-7,12H2,1-2H3. The highest BCUT2D eigenvalue weighted by atomic mass is 32.2. The topological polar surface area (TPSA) is 24.1 Å². The summed E-state index contributed by atoms with van der Waals surface area (Å²) in [6.07, 6.45) is 9.00. The van der Waals surface area contributed by atoms with Gasteiger partial charge in [0.2, 0.25) is 0 Å². The molecule has 0 amide bonds. The summed E-state index contributed by atoms with van der Waals surface area (Å²) in [6.45, 7) is 3.53. The molecule has 1 aliphatic carbocycles. The van der Waals surface area contributed by atoms with Crippen LogP contribution in [0.4, 0.5) is 0 Å². The van der Waals surface area contributed by atoms with Crippen LogP contribution in [0.3, 0.4) is 0 Å². The van der Waals surface area contributed by atoms with Crippen molar-refractivity contribution in [3.05, 3.63) is 29.8 Å². The highest BCUT2D eigenvalue weighted by molar-refractivity contribution is 7.98. The maximum atomic E-state index is 3.91. The van der Waals surface area contributed by atoms with Crippen LogP contribution in [0.1, 0.15) is 50.6 Å². The van der Waals surface area contributed by atoms with E-state index in [0.717, 1.165) is 12.0 Å². The zero-order chi connectivity index (χ0) is 14.7. The predicted molar refractivity (Wildman–Crippen MR) is 91.9 cm³/mol. The predicted octanol–water partition coefficient (Wildman–Crippen LogP) is 3.98. The molecule has 4 unspecified atom stereocenters. The highest BCUT2D eigenvalue weighted by Gasteiger charge is 2.35. The van der Waals surface area contributed by atoms with E-state index >= 15 is 0 Å². The molecule has 0 aromatic heterocycles. The van der Waals surface area contributed by atoms with Gasteiger partial charge < -0.3 is 10.6 Å². The van der Waals surface area contributed by atoms with Crippen LogP contribution in [0.2, 0.25) is 0 Å². The Hall–Kier alpha value is -0.510. The van der Waals surface area contributed by atoms with Crippen LogP contribution in [-0.2, 0) is 0 Å². The van der Waals surface area contributed by atoms with E-state index in [9.17, 15) is 0 Å². The summed E-state index contributed by atoms with van der Waals surface area (Å²) in [7, 11) is 0. The van der Waals surface area contributed by atoms with Gasteiger partial charge in [-0.05, 0) is 69.0 Å². The van der Waals surface area contributed by atoms with E-state index in [1.807, 2.05) is 11.8 Å². The second-order valence-corrected chi connectivity index (χ2v) is 7.45. The number of rotatable bonds is 5. The molecule has 3 rings (SSSR count). The Morgan fingerprint density at radius 2 is 1.95 bits per heavy atom. The number of benzene rings is 1. The number of thioether (sulfide) groups is 1. The molecule has 0 spiro atoms. The minimum Gasteiger partial charge on any atom is -0.314 e. The Morgan fingerprint density at radius 3 is 2.62 bits per heavy atom. The molecule has 1 aliphatic heterocycles. The van der Waals surface area contributed by atoms with Crippen molar-refractivity contribution in [3.63, 3.8) is 0 Å². The molecule has 0 bridgehead atoms. The molecule has 1 saturated carbocycles. The van der Waals surface area contributed by atoms with E-state index in [1.54, 1.807) is 0 Å². The molecular weight excluding hydrogens is 276 g/mol. The van der Waals surface area contributed by atoms with Gasteiger partial charge in [-0.15, -0.1) is 11.8 Å². The van der Waals surface area contributed by atoms with Crippen molar-refractivity contribution in [2.75, 3.05) is 12.8 Å². The molecule has 4 atom stereocenters. The Balaban J connectivity index is 1.61. The molecule has 1 aromatic carbocycles. The fourth-order valence-electron chi connectivity index (χ4n) is 4.06. The van der Waals surface area contributed by atoms with Crippen molar-refractivity contribution in [1.82, 2.24) is 10.6 Å². The normalized spacial score (nSPS) is 30.7. The van der Waals surface area contributed by atoms with Gasteiger partial charge in [-0.25, -0.2) is 0 Å². The van der Waals surface area contributed by atoms with Gasteiger partial charge >= 0.3 is 0 Å². The first kappa shape index (κ1) is 15.4. The van der Waals surface area contributed by atoms with Gasteiger partial charge in [-0.1, -0.05) is 18.6 Å². The minimum atomic E-state index is 0.452. The molecule has 2 fully saturated rings. The van der Waals surface area contributed by atoms with E-state index in [2.05, 4.69) is 48.1 Å². The molecule has 2 nitrogen and oxygen atoms in total. The van der Waals surface area contributed by atoms with Crippen molar-refractivity contribution in [2.24, 2.45) is 5.92 Å². The van der Waals surface area contributed by atoms with E-state index in [4.69, 9.17) is 0 Å². The van der Waals surface area contributed by atoms with Gasteiger partial charge in [0.1, 0.15) is 0 Å². The van der Waals surface area contributed by atoms with Crippen LogP contribution in [0.25, 0.3) is 0 Å².